The number of nitrogens with zero attached hydrogens (tertiary/aromatic N) is 4. The van der Waals surface area contributed by atoms with E-state index in [2.05, 4.69) is 10.2 Å². The first kappa shape index (κ1) is 12.6. The lowest BCUT2D eigenvalue weighted by Crippen LogP contribution is -2.09. The van der Waals surface area contributed by atoms with Gasteiger partial charge in [-0.3, -0.25) is 0 Å². The van der Waals surface area contributed by atoms with Gasteiger partial charge in [-0.2, -0.15) is 10.4 Å². The van der Waals surface area contributed by atoms with Gasteiger partial charge in [0.1, 0.15) is 11.6 Å². The van der Waals surface area contributed by atoms with E-state index in [1.165, 1.54) is 12.3 Å². The van der Waals surface area contributed by atoms with Crippen LogP contribution in [0.15, 0.2) is 30.5 Å². The van der Waals surface area contributed by atoms with Crippen molar-refractivity contribution in [2.24, 2.45) is 0 Å². The fourth-order valence-electron chi connectivity index (χ4n) is 1.47. The van der Waals surface area contributed by atoms with Crippen molar-refractivity contribution in [1.82, 2.24) is 10.2 Å². The number of nitrogens with two attached hydrogens (primary N) is 1. The van der Waals surface area contributed by atoms with Gasteiger partial charge in [0.25, 0.3) is 5.88 Å². The molecule has 0 fully saturated rings. The lowest BCUT2D eigenvalue weighted by atomic mass is 10.2. The lowest BCUT2D eigenvalue weighted by Gasteiger charge is -2.15. The van der Waals surface area contributed by atoms with Crippen LogP contribution in [0.3, 0.4) is 0 Å². The van der Waals surface area contributed by atoms with Gasteiger partial charge in [0.15, 0.2) is 5.75 Å². The third-order valence-electron chi connectivity index (χ3n) is 2.53. The Kier molecular flexibility index (Phi) is 3.48. The number of nitrogen functional groups attached to an aromatic ring is 1. The van der Waals surface area contributed by atoms with Gasteiger partial charge in [-0.05, 0) is 18.2 Å². The molecule has 0 aliphatic carbocycles. The van der Waals surface area contributed by atoms with E-state index in [-0.39, 0.29) is 5.88 Å². The minimum Gasteiger partial charge on any atom is -0.434 e. The van der Waals surface area contributed by atoms with Crippen molar-refractivity contribution >= 4 is 11.4 Å². The molecule has 6 nitrogen and oxygen atoms in total. The molecule has 2 rings (SSSR count). The summed E-state index contributed by atoms with van der Waals surface area (Å²) in [6.45, 7) is 0. The third kappa shape index (κ3) is 2.72. The van der Waals surface area contributed by atoms with E-state index in [1.54, 1.807) is 12.1 Å². The van der Waals surface area contributed by atoms with E-state index in [0.29, 0.717) is 17.0 Å². The molecule has 0 amide bonds. The largest absolute Gasteiger partial charge is 0.434 e. The average Bonchev–Trinajstić information content (AvgIpc) is 2.41. The van der Waals surface area contributed by atoms with E-state index in [1.807, 2.05) is 31.1 Å². The van der Waals surface area contributed by atoms with Gasteiger partial charge in [-0.1, -0.05) is 0 Å². The molecule has 19 heavy (non-hydrogen) atoms. The van der Waals surface area contributed by atoms with Gasteiger partial charge in [0, 0.05) is 25.8 Å². The molecule has 1 heterocycles. The Morgan fingerprint density at radius 2 is 2.11 bits per heavy atom. The highest BCUT2D eigenvalue weighted by Gasteiger charge is 2.10. The zero-order valence-corrected chi connectivity index (χ0v) is 10.7. The molecule has 2 aromatic rings. The van der Waals surface area contributed by atoms with Crippen molar-refractivity contribution in [3.05, 3.63) is 36.0 Å². The highest BCUT2D eigenvalue weighted by molar-refractivity contribution is 5.63. The Morgan fingerprint density at radius 3 is 2.79 bits per heavy atom. The zero-order valence-electron chi connectivity index (χ0n) is 10.7. The van der Waals surface area contributed by atoms with Crippen LogP contribution >= 0.6 is 0 Å². The van der Waals surface area contributed by atoms with Gasteiger partial charge in [-0.25, -0.2) is 0 Å². The predicted molar refractivity (Wildman–Crippen MR) is 72.0 cm³/mol. The molecule has 0 spiro atoms. The predicted octanol–water partition coefficient (Wildman–Crippen LogP) is 1.79. The number of rotatable bonds is 3. The first-order chi connectivity index (χ1) is 9.11. The van der Waals surface area contributed by atoms with E-state index < -0.39 is 0 Å². The van der Waals surface area contributed by atoms with E-state index >= 15 is 0 Å². The van der Waals surface area contributed by atoms with Gasteiger partial charge in [0.2, 0.25) is 0 Å². The van der Waals surface area contributed by atoms with Gasteiger partial charge < -0.3 is 15.4 Å². The molecular formula is C13H13N5O. The van der Waals surface area contributed by atoms with E-state index in [4.69, 9.17) is 15.7 Å². The summed E-state index contributed by atoms with van der Waals surface area (Å²) in [4.78, 5) is 1.92. The molecule has 2 N–H and O–H groups in total. The normalized spacial score (nSPS) is 9.74. The maximum Gasteiger partial charge on any atom is 0.257 e. The molecule has 0 radical (unpaired) electrons. The van der Waals surface area contributed by atoms with E-state index in [9.17, 15) is 0 Å². The van der Waals surface area contributed by atoms with Crippen molar-refractivity contribution in [2.75, 3.05) is 24.7 Å². The van der Waals surface area contributed by atoms with Crippen LogP contribution in [0.25, 0.3) is 0 Å². The second-order valence-corrected chi connectivity index (χ2v) is 4.08. The van der Waals surface area contributed by atoms with Gasteiger partial charge >= 0.3 is 0 Å². The highest BCUT2D eigenvalue weighted by atomic mass is 16.5. The Hall–Kier alpha value is -2.81. The monoisotopic (exact) mass is 255 g/mol. The number of hydrogen-bond acceptors (Lipinski definition) is 6. The summed E-state index contributed by atoms with van der Waals surface area (Å²) in [5, 5.41) is 16.5. The summed E-state index contributed by atoms with van der Waals surface area (Å²) < 4.78 is 5.57. The van der Waals surface area contributed by atoms with Crippen molar-refractivity contribution < 1.29 is 4.74 Å². The fourth-order valence-corrected chi connectivity index (χ4v) is 1.47. The number of aromatic nitrogens is 2. The maximum absolute atomic E-state index is 8.97. The standard InChI is InChI=1S/C13H13N5O/c1-18(2)10-3-4-11(15)12(7-10)19-13-9(8-14)5-6-16-17-13/h3-7H,15H2,1-2H3. The quantitative estimate of drug-likeness (QED) is 0.841. The summed E-state index contributed by atoms with van der Waals surface area (Å²) >= 11 is 0. The molecular weight excluding hydrogens is 242 g/mol. The second kappa shape index (κ2) is 5.23. The summed E-state index contributed by atoms with van der Waals surface area (Å²) in [6.07, 6.45) is 1.44. The topological polar surface area (TPSA) is 88.1 Å². The molecule has 0 saturated carbocycles. The average molecular weight is 255 g/mol. The first-order valence-corrected chi connectivity index (χ1v) is 5.58. The highest BCUT2D eigenvalue weighted by Crippen LogP contribution is 2.31. The van der Waals surface area contributed by atoms with Crippen LogP contribution in [0.1, 0.15) is 5.56 Å². The molecule has 1 aromatic carbocycles. The smallest absolute Gasteiger partial charge is 0.257 e. The summed E-state index contributed by atoms with van der Waals surface area (Å²) in [5.74, 6) is 0.593. The van der Waals surface area contributed by atoms with Crippen LogP contribution in [0.2, 0.25) is 0 Å². The maximum atomic E-state index is 8.97. The summed E-state index contributed by atoms with van der Waals surface area (Å²) in [5.41, 5.74) is 7.57. The number of hydrogen-bond donors (Lipinski definition) is 1. The Balaban J connectivity index is 2.38. The van der Waals surface area contributed by atoms with Crippen molar-refractivity contribution in [3.8, 4) is 17.7 Å². The number of benzene rings is 1. The molecule has 0 unspecified atom stereocenters. The Bertz CT molecular complexity index is 633. The van der Waals surface area contributed by atoms with Crippen LogP contribution in [-0.2, 0) is 0 Å². The number of ether oxygens (including phenoxy) is 1. The van der Waals surface area contributed by atoms with E-state index in [0.717, 1.165) is 5.69 Å². The first-order valence-electron chi connectivity index (χ1n) is 5.58. The lowest BCUT2D eigenvalue weighted by molar-refractivity contribution is 0.455. The van der Waals surface area contributed by atoms with Crippen molar-refractivity contribution in [2.45, 2.75) is 0 Å². The fraction of sp³-hybridized carbons (Fsp3) is 0.154. The van der Waals surface area contributed by atoms with Crippen molar-refractivity contribution in [1.29, 1.82) is 5.26 Å². The molecule has 1 aromatic heterocycles. The SMILES string of the molecule is CN(C)c1ccc(N)c(Oc2nnccc2C#N)c1. The molecule has 0 aliphatic rings. The second-order valence-electron chi connectivity index (χ2n) is 4.08. The van der Waals surface area contributed by atoms with Crippen LogP contribution in [0.5, 0.6) is 11.6 Å². The Labute approximate surface area is 111 Å². The van der Waals surface area contributed by atoms with Crippen LogP contribution < -0.4 is 15.4 Å². The molecule has 96 valence electrons. The Morgan fingerprint density at radius 1 is 1.32 bits per heavy atom. The zero-order chi connectivity index (χ0) is 13.8. The molecule has 0 atom stereocenters. The third-order valence-corrected chi connectivity index (χ3v) is 2.53. The molecule has 6 heteroatoms. The van der Waals surface area contributed by atoms with Crippen LogP contribution in [-0.4, -0.2) is 24.3 Å². The number of nitriles is 1. The van der Waals surface area contributed by atoms with Crippen LogP contribution in [0, 0.1) is 11.3 Å². The molecule has 0 aliphatic heterocycles. The molecule has 0 bridgehead atoms. The number of anilines is 2. The van der Waals surface area contributed by atoms with Crippen molar-refractivity contribution in [3.63, 3.8) is 0 Å². The summed E-state index contributed by atoms with van der Waals surface area (Å²) in [6, 6.07) is 8.94. The van der Waals surface area contributed by atoms with Crippen LogP contribution in [0.4, 0.5) is 11.4 Å². The summed E-state index contributed by atoms with van der Waals surface area (Å²) in [7, 11) is 3.83. The minimum atomic E-state index is 0.146. The molecule has 0 saturated heterocycles. The van der Waals surface area contributed by atoms with Gasteiger partial charge in [-0.15, -0.1) is 5.10 Å². The van der Waals surface area contributed by atoms with Gasteiger partial charge in [0.05, 0.1) is 11.9 Å². The minimum absolute atomic E-state index is 0.146.